The monoisotopic (exact) mass is 408 g/mol. The predicted molar refractivity (Wildman–Crippen MR) is 111 cm³/mol. The molecule has 7 heteroatoms. The van der Waals surface area contributed by atoms with Crippen LogP contribution in [0.25, 0.3) is 0 Å². The van der Waals surface area contributed by atoms with Gasteiger partial charge in [0.25, 0.3) is 0 Å². The highest BCUT2D eigenvalue weighted by Gasteiger charge is 2.28. The van der Waals surface area contributed by atoms with Crippen molar-refractivity contribution in [2.24, 2.45) is 0 Å². The molecular formula is C22H20N2O4S. The number of anilines is 1. The van der Waals surface area contributed by atoms with E-state index in [4.69, 9.17) is 9.47 Å². The number of hydrogen-bond donors (Lipinski definition) is 0. The van der Waals surface area contributed by atoms with Gasteiger partial charge in [0.15, 0.2) is 13.2 Å². The summed E-state index contributed by atoms with van der Waals surface area (Å²) in [4.78, 5) is 27.2. The highest BCUT2D eigenvalue weighted by Crippen LogP contribution is 2.46. The Morgan fingerprint density at radius 3 is 2.59 bits per heavy atom. The number of para-hydroxylation sites is 1. The van der Waals surface area contributed by atoms with Gasteiger partial charge >= 0.3 is 5.97 Å². The summed E-state index contributed by atoms with van der Waals surface area (Å²) >= 11 is 1.35. The molecule has 0 saturated heterocycles. The van der Waals surface area contributed by atoms with Crippen molar-refractivity contribution in [3.8, 4) is 11.8 Å². The molecule has 2 aromatic rings. The van der Waals surface area contributed by atoms with E-state index >= 15 is 0 Å². The summed E-state index contributed by atoms with van der Waals surface area (Å²) in [6.07, 6.45) is 0. The van der Waals surface area contributed by atoms with Crippen molar-refractivity contribution in [1.82, 2.24) is 0 Å². The first-order chi connectivity index (χ1) is 13.9. The van der Waals surface area contributed by atoms with E-state index in [9.17, 15) is 14.9 Å². The van der Waals surface area contributed by atoms with Gasteiger partial charge in [-0.25, -0.2) is 4.79 Å². The SMILES string of the molecule is Cc1cccc(OCC(=O)OCC(=O)/C(C#N)=C2\Sc3ccccc3N2C)c1C. The van der Waals surface area contributed by atoms with E-state index in [1.165, 1.54) is 11.8 Å². The van der Waals surface area contributed by atoms with Crippen LogP contribution in [-0.4, -0.2) is 32.0 Å². The van der Waals surface area contributed by atoms with E-state index in [0.717, 1.165) is 21.7 Å². The lowest BCUT2D eigenvalue weighted by Gasteiger charge is -2.14. The quantitative estimate of drug-likeness (QED) is 0.409. The van der Waals surface area contributed by atoms with Crippen LogP contribution in [0.1, 0.15) is 11.1 Å². The summed E-state index contributed by atoms with van der Waals surface area (Å²) in [6.45, 7) is 3.04. The number of fused-ring (bicyclic) bond motifs is 1. The van der Waals surface area contributed by atoms with Crippen LogP contribution in [0.5, 0.6) is 5.75 Å². The topological polar surface area (TPSA) is 79.6 Å². The number of thioether (sulfide) groups is 1. The van der Waals surface area contributed by atoms with Gasteiger partial charge in [-0.3, -0.25) is 4.79 Å². The minimum atomic E-state index is -0.669. The highest BCUT2D eigenvalue weighted by molar-refractivity contribution is 8.03. The number of nitrogens with zero attached hydrogens (tertiary/aromatic N) is 2. The largest absolute Gasteiger partial charge is 0.482 e. The zero-order valence-electron chi connectivity index (χ0n) is 16.4. The summed E-state index contributed by atoms with van der Waals surface area (Å²) < 4.78 is 10.5. The van der Waals surface area contributed by atoms with Gasteiger partial charge in [-0.15, -0.1) is 0 Å². The summed E-state index contributed by atoms with van der Waals surface area (Å²) in [5.41, 5.74) is 2.88. The van der Waals surface area contributed by atoms with Crippen molar-refractivity contribution >= 4 is 29.2 Å². The first-order valence-electron chi connectivity index (χ1n) is 8.95. The molecule has 0 amide bonds. The van der Waals surface area contributed by atoms with Gasteiger partial charge in [0.05, 0.1) is 5.69 Å². The molecule has 1 heterocycles. The van der Waals surface area contributed by atoms with Crippen molar-refractivity contribution in [2.45, 2.75) is 18.7 Å². The zero-order chi connectivity index (χ0) is 21.0. The standard InChI is InChI=1S/C22H20N2O4S/c1-14-7-6-9-19(15(14)2)27-13-21(26)28-12-18(25)16(11-23)22-24(3)17-8-4-5-10-20(17)29-22/h4-10H,12-13H2,1-3H3/b22-16-. The minimum Gasteiger partial charge on any atom is -0.482 e. The number of aryl methyl sites for hydroxylation is 1. The number of ketones is 1. The Kier molecular flexibility index (Phi) is 6.25. The van der Waals surface area contributed by atoms with E-state index in [0.29, 0.717) is 10.8 Å². The number of nitriles is 1. The van der Waals surface area contributed by atoms with E-state index in [-0.39, 0.29) is 12.2 Å². The number of ether oxygens (including phenoxy) is 2. The lowest BCUT2D eigenvalue weighted by atomic mass is 10.1. The maximum atomic E-state index is 12.5. The number of carbonyl (C=O) groups is 2. The molecule has 0 spiro atoms. The molecule has 0 saturated carbocycles. The van der Waals surface area contributed by atoms with Crippen molar-refractivity contribution < 1.29 is 19.1 Å². The highest BCUT2D eigenvalue weighted by atomic mass is 32.2. The molecule has 148 valence electrons. The van der Waals surface area contributed by atoms with Crippen LogP contribution in [0.4, 0.5) is 5.69 Å². The zero-order valence-corrected chi connectivity index (χ0v) is 17.2. The second-order valence-electron chi connectivity index (χ2n) is 6.49. The average Bonchev–Trinajstić information content (AvgIpc) is 3.05. The summed E-state index contributed by atoms with van der Waals surface area (Å²) in [5, 5.41) is 10.0. The molecule has 0 bridgehead atoms. The average molecular weight is 408 g/mol. The Bertz CT molecular complexity index is 1040. The van der Waals surface area contributed by atoms with Gasteiger partial charge in [-0.2, -0.15) is 5.26 Å². The van der Waals surface area contributed by atoms with E-state index in [2.05, 4.69) is 0 Å². The molecule has 0 atom stereocenters. The molecule has 2 aromatic carbocycles. The molecule has 6 nitrogen and oxygen atoms in total. The Balaban J connectivity index is 1.60. The second kappa shape index (κ2) is 8.84. The number of benzene rings is 2. The molecule has 0 unspecified atom stereocenters. The van der Waals surface area contributed by atoms with Gasteiger partial charge in [0.2, 0.25) is 5.78 Å². The van der Waals surface area contributed by atoms with E-state index in [1.54, 1.807) is 18.0 Å². The Hall–Kier alpha value is -3.24. The van der Waals surface area contributed by atoms with Crippen LogP contribution in [0.3, 0.4) is 0 Å². The normalized spacial score (nSPS) is 14.1. The van der Waals surface area contributed by atoms with Crippen molar-refractivity contribution in [3.63, 3.8) is 0 Å². The Labute approximate surface area is 173 Å². The molecule has 29 heavy (non-hydrogen) atoms. The summed E-state index contributed by atoms with van der Waals surface area (Å²) in [5.74, 6) is -0.623. The van der Waals surface area contributed by atoms with Gasteiger partial charge < -0.3 is 14.4 Å². The van der Waals surface area contributed by atoms with Crippen molar-refractivity contribution in [3.05, 3.63) is 64.2 Å². The fourth-order valence-electron chi connectivity index (χ4n) is 2.83. The third kappa shape index (κ3) is 4.44. The van der Waals surface area contributed by atoms with Gasteiger partial charge in [-0.1, -0.05) is 36.0 Å². The lowest BCUT2D eigenvalue weighted by Crippen LogP contribution is -2.22. The van der Waals surface area contributed by atoms with Crippen molar-refractivity contribution in [2.75, 3.05) is 25.2 Å². The maximum absolute atomic E-state index is 12.5. The van der Waals surface area contributed by atoms with Crippen LogP contribution in [-0.2, 0) is 14.3 Å². The molecule has 0 radical (unpaired) electrons. The Morgan fingerprint density at radius 1 is 1.10 bits per heavy atom. The van der Waals surface area contributed by atoms with Crippen LogP contribution in [0, 0.1) is 25.2 Å². The maximum Gasteiger partial charge on any atom is 0.344 e. The smallest absolute Gasteiger partial charge is 0.344 e. The first-order valence-corrected chi connectivity index (χ1v) is 9.77. The molecule has 0 aromatic heterocycles. The summed E-state index contributed by atoms with van der Waals surface area (Å²) in [6, 6.07) is 15.1. The van der Waals surface area contributed by atoms with Crippen LogP contribution >= 0.6 is 11.8 Å². The molecule has 1 aliphatic heterocycles. The fraction of sp³-hybridized carbons (Fsp3) is 0.227. The molecule has 0 fully saturated rings. The number of hydrogen-bond acceptors (Lipinski definition) is 7. The molecule has 1 aliphatic rings. The second-order valence-corrected chi connectivity index (χ2v) is 7.52. The fourth-order valence-corrected chi connectivity index (χ4v) is 3.99. The lowest BCUT2D eigenvalue weighted by molar-refractivity contribution is -0.149. The molecule has 3 rings (SSSR count). The first kappa shape index (κ1) is 20.5. The van der Waals surface area contributed by atoms with E-state index < -0.39 is 18.4 Å². The van der Waals surface area contributed by atoms with Crippen LogP contribution in [0.2, 0.25) is 0 Å². The van der Waals surface area contributed by atoms with E-state index in [1.807, 2.05) is 56.3 Å². The minimum absolute atomic E-state index is 0.0306. The molecule has 0 aliphatic carbocycles. The predicted octanol–water partition coefficient (Wildman–Crippen LogP) is 3.77. The number of rotatable bonds is 6. The van der Waals surface area contributed by atoms with Gasteiger partial charge in [0.1, 0.15) is 22.4 Å². The molecule has 0 N–H and O–H groups in total. The third-order valence-electron chi connectivity index (χ3n) is 4.61. The number of Topliss-reactive ketones (excluding diaryl/α,β-unsaturated/α-hetero) is 1. The van der Waals surface area contributed by atoms with Crippen molar-refractivity contribution in [1.29, 1.82) is 5.26 Å². The third-order valence-corrected chi connectivity index (χ3v) is 5.84. The van der Waals surface area contributed by atoms with Crippen LogP contribution in [0.15, 0.2) is 58.0 Å². The van der Waals surface area contributed by atoms with Gasteiger partial charge in [0, 0.05) is 11.9 Å². The number of esters is 1. The number of carbonyl (C=O) groups excluding carboxylic acids is 2. The van der Waals surface area contributed by atoms with Crippen LogP contribution < -0.4 is 9.64 Å². The molecular weight excluding hydrogens is 388 g/mol. The van der Waals surface area contributed by atoms with Gasteiger partial charge in [-0.05, 0) is 43.2 Å². The summed E-state index contributed by atoms with van der Waals surface area (Å²) in [7, 11) is 1.79. The Morgan fingerprint density at radius 2 is 1.86 bits per heavy atom.